The molecule has 0 spiro atoms. The number of aliphatic carboxylic acids is 1. The average Bonchev–Trinajstić information content (AvgIpc) is 2.80. The number of phenolic OH excluding ortho intramolecular Hbond substituents is 1. The summed E-state index contributed by atoms with van der Waals surface area (Å²) in [5, 5.41) is 22.5. The second-order valence-corrected chi connectivity index (χ2v) is 9.56. The first kappa shape index (κ1) is 25.8. The molecule has 10 heteroatoms. The van der Waals surface area contributed by atoms with Gasteiger partial charge >= 0.3 is 12.1 Å². The van der Waals surface area contributed by atoms with Crippen LogP contribution in [0.15, 0.2) is 92.3 Å². The summed E-state index contributed by atoms with van der Waals surface area (Å²) >= 11 is 9.97. The third-order valence-electron chi connectivity index (χ3n) is 4.43. The predicted octanol–water partition coefficient (Wildman–Crippen LogP) is 7.06. The number of carbonyl (C=O) groups is 2. The minimum absolute atomic E-state index is 0.185. The minimum atomic E-state index is -1.22. The number of amides is 1. The molecule has 0 aliphatic rings. The van der Waals surface area contributed by atoms with Gasteiger partial charge in [-0.25, -0.2) is 9.59 Å². The van der Waals surface area contributed by atoms with Crippen LogP contribution in [0, 0.1) is 0 Å². The van der Waals surface area contributed by atoms with Crippen LogP contribution in [0.1, 0.15) is 11.7 Å². The van der Waals surface area contributed by atoms with Crippen LogP contribution in [0.5, 0.6) is 11.5 Å². The second kappa shape index (κ2) is 12.0. The predicted molar refractivity (Wildman–Crippen MR) is 138 cm³/mol. The fourth-order valence-corrected chi connectivity index (χ4v) is 4.46. The van der Waals surface area contributed by atoms with Crippen LogP contribution in [-0.2, 0) is 9.53 Å². The van der Waals surface area contributed by atoms with E-state index in [9.17, 15) is 19.8 Å². The van der Waals surface area contributed by atoms with Crippen LogP contribution in [0.2, 0.25) is 0 Å². The van der Waals surface area contributed by atoms with Crippen LogP contribution >= 0.6 is 47.8 Å². The molecule has 0 saturated carbocycles. The Labute approximate surface area is 220 Å². The number of rotatable bonds is 8. The van der Waals surface area contributed by atoms with E-state index < -0.39 is 24.3 Å². The summed E-state index contributed by atoms with van der Waals surface area (Å²) in [5.74, 6) is -0.979. The lowest BCUT2D eigenvalue weighted by molar-refractivity contribution is -0.131. The lowest BCUT2D eigenvalue weighted by Crippen LogP contribution is -2.30. The Morgan fingerprint density at radius 3 is 2.26 bits per heavy atom. The van der Waals surface area contributed by atoms with Crippen molar-refractivity contribution in [3.05, 3.63) is 97.9 Å². The Balaban J connectivity index is 2.01. The Morgan fingerprint density at radius 2 is 1.62 bits per heavy atom. The third kappa shape index (κ3) is 7.34. The quantitative estimate of drug-likeness (QED) is 0.225. The number of ether oxygens (including phenoxy) is 2. The summed E-state index contributed by atoms with van der Waals surface area (Å²) in [6.45, 7) is 0. The molecular weight excluding hydrogens is 638 g/mol. The van der Waals surface area contributed by atoms with Gasteiger partial charge in [-0.15, -0.1) is 0 Å². The molecule has 34 heavy (non-hydrogen) atoms. The summed E-state index contributed by atoms with van der Waals surface area (Å²) in [6, 6.07) is 18.7. The van der Waals surface area contributed by atoms with Crippen LogP contribution < -0.4 is 10.1 Å². The molecule has 0 heterocycles. The Morgan fingerprint density at radius 1 is 0.941 bits per heavy atom. The molecule has 1 amide bonds. The van der Waals surface area contributed by atoms with Crippen LogP contribution in [0.25, 0.3) is 0 Å². The smallest absolute Gasteiger partial charge is 0.412 e. The van der Waals surface area contributed by atoms with Gasteiger partial charge in [0.15, 0.2) is 12.2 Å². The van der Waals surface area contributed by atoms with Crippen molar-refractivity contribution in [2.75, 3.05) is 5.32 Å². The van der Waals surface area contributed by atoms with E-state index in [1.54, 1.807) is 66.7 Å². The van der Waals surface area contributed by atoms with Gasteiger partial charge in [-0.1, -0.05) is 50.1 Å². The van der Waals surface area contributed by atoms with Crippen LogP contribution in [0.3, 0.4) is 0 Å². The fraction of sp³-hybridized carbons (Fsp3) is 0.0833. The van der Waals surface area contributed by atoms with E-state index >= 15 is 0 Å². The highest BCUT2D eigenvalue weighted by molar-refractivity contribution is 9.11. The van der Waals surface area contributed by atoms with Gasteiger partial charge in [-0.2, -0.15) is 0 Å². The molecule has 0 aromatic heterocycles. The number of phenols is 1. The van der Waals surface area contributed by atoms with Crippen LogP contribution in [-0.4, -0.2) is 28.4 Å². The molecule has 2 atom stereocenters. The zero-order valence-corrected chi connectivity index (χ0v) is 22.1. The standard InChI is InChI=1S/C24H18Br3NO6/c25-14-6-8-16(9-7-14)28-24(32)34-23(18-12-15(26)13-19(27)22(18)31)20(10-11-21(29)30)33-17-4-2-1-3-5-17/h1-13,20,23,31H,(H,28,32)(H,29,30)/b11-10+/t20-,23-/m0/s1. The number of hydrogen-bond acceptors (Lipinski definition) is 5. The summed E-state index contributed by atoms with van der Waals surface area (Å²) < 4.78 is 13.5. The molecule has 0 fully saturated rings. The summed E-state index contributed by atoms with van der Waals surface area (Å²) in [7, 11) is 0. The number of anilines is 1. The van der Waals surface area contributed by atoms with Crippen molar-refractivity contribution >= 4 is 65.5 Å². The van der Waals surface area contributed by atoms with E-state index in [0.29, 0.717) is 20.4 Å². The number of para-hydroxylation sites is 1. The van der Waals surface area contributed by atoms with Gasteiger partial charge < -0.3 is 19.7 Å². The molecule has 0 saturated heterocycles. The third-order valence-corrected chi connectivity index (χ3v) is 6.02. The van der Waals surface area contributed by atoms with E-state index in [-0.39, 0.29) is 11.3 Å². The maximum Gasteiger partial charge on any atom is 0.412 e. The van der Waals surface area contributed by atoms with Gasteiger partial charge in [-0.3, -0.25) is 5.32 Å². The summed E-state index contributed by atoms with van der Waals surface area (Å²) in [4.78, 5) is 24.1. The number of halogens is 3. The second-order valence-electron chi connectivity index (χ2n) is 6.88. The fourth-order valence-electron chi connectivity index (χ4n) is 2.94. The van der Waals surface area contributed by atoms with Gasteiger partial charge in [0, 0.05) is 26.3 Å². The van der Waals surface area contributed by atoms with Crippen LogP contribution in [0.4, 0.5) is 10.5 Å². The molecule has 3 aromatic rings. The number of carboxylic acids is 1. The van der Waals surface area contributed by atoms with Gasteiger partial charge in [-0.05, 0) is 70.5 Å². The molecule has 3 aromatic carbocycles. The highest BCUT2D eigenvalue weighted by Crippen LogP contribution is 2.39. The SMILES string of the molecule is O=C(O)/C=C/[C@H](Oc1ccccc1)[C@@H](OC(=O)Nc1ccc(Br)cc1)c1cc(Br)cc(Br)c1O. The number of carboxylic acid groups (broad SMARTS) is 1. The molecular formula is C24H18Br3NO6. The first-order valence-electron chi connectivity index (χ1n) is 9.77. The Hall–Kier alpha value is -2.82. The van der Waals surface area contributed by atoms with Gasteiger partial charge in [0.05, 0.1) is 4.47 Å². The molecule has 0 bridgehead atoms. The first-order chi connectivity index (χ1) is 16.2. The maximum absolute atomic E-state index is 12.8. The molecule has 0 aliphatic carbocycles. The Bertz CT molecular complexity index is 1190. The molecule has 7 nitrogen and oxygen atoms in total. The van der Waals surface area contributed by atoms with Crippen molar-refractivity contribution < 1.29 is 29.3 Å². The number of benzene rings is 3. The van der Waals surface area contributed by atoms with Gasteiger partial charge in [0.1, 0.15) is 11.5 Å². The molecule has 3 rings (SSSR count). The minimum Gasteiger partial charge on any atom is -0.506 e. The molecule has 3 N–H and O–H groups in total. The van der Waals surface area contributed by atoms with Gasteiger partial charge in [0.2, 0.25) is 0 Å². The zero-order valence-electron chi connectivity index (χ0n) is 17.3. The van der Waals surface area contributed by atoms with E-state index in [1.165, 1.54) is 6.08 Å². The van der Waals surface area contributed by atoms with Crippen molar-refractivity contribution in [3.63, 3.8) is 0 Å². The number of carbonyl (C=O) groups excluding carboxylic acids is 1. The topological polar surface area (TPSA) is 105 Å². The summed E-state index contributed by atoms with van der Waals surface area (Å²) in [6.07, 6.45) is -1.00. The van der Waals surface area contributed by atoms with Crippen molar-refractivity contribution in [2.24, 2.45) is 0 Å². The lowest BCUT2D eigenvalue weighted by atomic mass is 10.0. The first-order valence-corrected chi connectivity index (χ1v) is 12.1. The van der Waals surface area contributed by atoms with Crippen molar-refractivity contribution in [3.8, 4) is 11.5 Å². The maximum atomic E-state index is 12.8. The van der Waals surface area contributed by atoms with Crippen molar-refractivity contribution in [2.45, 2.75) is 12.2 Å². The largest absolute Gasteiger partial charge is 0.506 e. The highest BCUT2D eigenvalue weighted by Gasteiger charge is 2.31. The van der Waals surface area contributed by atoms with E-state index in [2.05, 4.69) is 53.1 Å². The number of hydrogen-bond donors (Lipinski definition) is 3. The summed E-state index contributed by atoms with van der Waals surface area (Å²) in [5.41, 5.74) is 0.677. The lowest BCUT2D eigenvalue weighted by Gasteiger charge is -2.27. The number of aromatic hydroxyl groups is 1. The monoisotopic (exact) mass is 653 g/mol. The average molecular weight is 656 g/mol. The molecule has 0 unspecified atom stereocenters. The van der Waals surface area contributed by atoms with E-state index in [4.69, 9.17) is 9.47 Å². The highest BCUT2D eigenvalue weighted by atomic mass is 79.9. The van der Waals surface area contributed by atoms with Crippen molar-refractivity contribution in [1.29, 1.82) is 0 Å². The molecule has 176 valence electrons. The van der Waals surface area contributed by atoms with E-state index in [1.807, 2.05) is 0 Å². The zero-order chi connectivity index (χ0) is 24.7. The van der Waals surface area contributed by atoms with Crippen molar-refractivity contribution in [1.82, 2.24) is 0 Å². The Kier molecular flexibility index (Phi) is 9.14. The number of nitrogens with one attached hydrogen (secondary N) is 1. The van der Waals surface area contributed by atoms with E-state index in [0.717, 1.165) is 10.5 Å². The normalized spacial score (nSPS) is 12.7. The molecule has 0 aliphatic heterocycles. The van der Waals surface area contributed by atoms with Gasteiger partial charge in [0.25, 0.3) is 0 Å². The molecule has 0 radical (unpaired) electrons.